The molecule has 144 valence electrons. The number of ether oxygens (including phenoxy) is 1. The molecule has 2 aromatic heterocycles. The Kier molecular flexibility index (Phi) is 6.17. The van der Waals surface area contributed by atoms with E-state index in [0.717, 1.165) is 15.2 Å². The van der Waals surface area contributed by atoms with Crippen molar-refractivity contribution in [2.24, 2.45) is 13.0 Å². The standard InChI is InChI=1S/C18H21N3O6/c1-11(2)9-21-16(19)15(17(24)20(3)18(21)25)13(22)10-27-14(23)7-6-12-5-4-8-26-12/h4-8,11H,9-10,19H2,1-3H3. The molecule has 0 saturated heterocycles. The first-order valence-electron chi connectivity index (χ1n) is 8.23. The van der Waals surface area contributed by atoms with Crippen LogP contribution in [0.4, 0.5) is 5.82 Å². The van der Waals surface area contributed by atoms with E-state index in [-0.39, 0.29) is 23.8 Å². The lowest BCUT2D eigenvalue weighted by atomic mass is 10.1. The summed E-state index contributed by atoms with van der Waals surface area (Å²) in [5.74, 6) is -1.30. The van der Waals surface area contributed by atoms with Crippen molar-refractivity contribution in [3.8, 4) is 0 Å². The zero-order chi connectivity index (χ0) is 20.1. The van der Waals surface area contributed by atoms with Gasteiger partial charge in [0, 0.05) is 19.7 Å². The average molecular weight is 375 g/mol. The van der Waals surface area contributed by atoms with Gasteiger partial charge in [0.1, 0.15) is 17.1 Å². The third-order valence-electron chi connectivity index (χ3n) is 3.68. The molecule has 0 fully saturated rings. The Morgan fingerprint density at radius 3 is 2.63 bits per heavy atom. The molecule has 0 saturated carbocycles. The van der Waals surface area contributed by atoms with E-state index in [9.17, 15) is 19.2 Å². The van der Waals surface area contributed by atoms with Crippen LogP contribution in [0.25, 0.3) is 6.08 Å². The van der Waals surface area contributed by atoms with Crippen molar-refractivity contribution in [3.05, 3.63) is 56.6 Å². The number of Topliss-reactive ketones (excluding diaryl/α,β-unsaturated/α-hetero) is 1. The summed E-state index contributed by atoms with van der Waals surface area (Å²) in [4.78, 5) is 48.6. The highest BCUT2D eigenvalue weighted by molar-refractivity contribution is 6.01. The number of ketones is 1. The molecule has 27 heavy (non-hydrogen) atoms. The fraction of sp³-hybridized carbons (Fsp3) is 0.333. The van der Waals surface area contributed by atoms with Crippen LogP contribution in [0.3, 0.4) is 0 Å². The third kappa shape index (κ3) is 4.63. The Morgan fingerprint density at radius 2 is 2.04 bits per heavy atom. The summed E-state index contributed by atoms with van der Waals surface area (Å²) >= 11 is 0. The highest BCUT2D eigenvalue weighted by Gasteiger charge is 2.22. The lowest BCUT2D eigenvalue weighted by Gasteiger charge is -2.16. The minimum absolute atomic E-state index is 0.0648. The molecule has 0 aliphatic heterocycles. The van der Waals surface area contributed by atoms with Crippen molar-refractivity contribution in [3.63, 3.8) is 0 Å². The number of carbonyl (C=O) groups excluding carboxylic acids is 2. The maximum atomic E-state index is 12.4. The number of esters is 1. The number of rotatable bonds is 7. The number of furan rings is 1. The van der Waals surface area contributed by atoms with Gasteiger partial charge in [0.05, 0.1) is 6.26 Å². The number of carbonyl (C=O) groups is 2. The van der Waals surface area contributed by atoms with Crippen LogP contribution in [0.2, 0.25) is 0 Å². The van der Waals surface area contributed by atoms with Gasteiger partial charge in [-0.25, -0.2) is 9.59 Å². The highest BCUT2D eigenvalue weighted by Crippen LogP contribution is 2.09. The smallest absolute Gasteiger partial charge is 0.332 e. The van der Waals surface area contributed by atoms with Crippen molar-refractivity contribution >= 4 is 23.6 Å². The van der Waals surface area contributed by atoms with E-state index in [1.165, 1.54) is 19.4 Å². The first-order chi connectivity index (χ1) is 12.7. The maximum Gasteiger partial charge on any atom is 0.332 e. The second kappa shape index (κ2) is 8.35. The van der Waals surface area contributed by atoms with Crippen molar-refractivity contribution in [1.29, 1.82) is 0 Å². The van der Waals surface area contributed by atoms with Crippen molar-refractivity contribution in [2.45, 2.75) is 20.4 Å². The number of anilines is 1. The molecule has 9 nitrogen and oxygen atoms in total. The molecule has 2 N–H and O–H groups in total. The molecule has 0 radical (unpaired) electrons. The van der Waals surface area contributed by atoms with E-state index in [1.54, 1.807) is 12.1 Å². The number of hydrogen-bond acceptors (Lipinski definition) is 7. The SMILES string of the molecule is CC(C)Cn1c(N)c(C(=O)COC(=O)C=Cc2ccco2)c(=O)n(C)c1=O. The molecule has 0 aliphatic rings. The second-order valence-corrected chi connectivity index (χ2v) is 6.29. The summed E-state index contributed by atoms with van der Waals surface area (Å²) in [5.41, 5.74) is 4.08. The van der Waals surface area contributed by atoms with Gasteiger partial charge in [-0.15, -0.1) is 0 Å². The lowest BCUT2D eigenvalue weighted by Crippen LogP contribution is -2.43. The van der Waals surface area contributed by atoms with Crippen molar-refractivity contribution in [2.75, 3.05) is 12.3 Å². The van der Waals surface area contributed by atoms with Crippen LogP contribution in [-0.4, -0.2) is 27.5 Å². The van der Waals surface area contributed by atoms with Gasteiger partial charge >= 0.3 is 11.7 Å². The minimum atomic E-state index is -0.829. The highest BCUT2D eigenvalue weighted by atomic mass is 16.5. The topological polar surface area (TPSA) is 127 Å². The Bertz CT molecular complexity index is 980. The van der Waals surface area contributed by atoms with E-state index in [1.807, 2.05) is 13.8 Å². The first-order valence-corrected chi connectivity index (χ1v) is 8.23. The summed E-state index contributed by atoms with van der Waals surface area (Å²) in [6.45, 7) is 3.29. The van der Waals surface area contributed by atoms with Crippen molar-refractivity contribution < 1.29 is 18.7 Å². The lowest BCUT2D eigenvalue weighted by molar-refractivity contribution is -0.136. The maximum absolute atomic E-state index is 12.4. The number of nitrogens with zero attached hydrogens (tertiary/aromatic N) is 2. The predicted octanol–water partition coefficient (Wildman–Crippen LogP) is 0.817. The van der Waals surface area contributed by atoms with Gasteiger partial charge < -0.3 is 14.9 Å². The molecular formula is C18H21N3O6. The quantitative estimate of drug-likeness (QED) is 0.431. The molecule has 0 amide bonds. The molecular weight excluding hydrogens is 354 g/mol. The number of aromatic nitrogens is 2. The first kappa shape index (κ1) is 20.0. The number of hydrogen-bond donors (Lipinski definition) is 1. The summed E-state index contributed by atoms with van der Waals surface area (Å²) in [5, 5.41) is 0. The Balaban J connectivity index is 2.20. The molecule has 0 spiro atoms. The van der Waals surface area contributed by atoms with Gasteiger partial charge in [-0.3, -0.25) is 18.7 Å². The molecule has 0 bridgehead atoms. The Labute approximate surface area is 154 Å². The van der Waals surface area contributed by atoms with E-state index in [2.05, 4.69) is 0 Å². The monoisotopic (exact) mass is 375 g/mol. The van der Waals surface area contributed by atoms with Gasteiger partial charge in [-0.2, -0.15) is 0 Å². The Hall–Kier alpha value is -3.36. The summed E-state index contributed by atoms with van der Waals surface area (Å²) in [6.07, 6.45) is 3.91. The van der Waals surface area contributed by atoms with Crippen LogP contribution >= 0.6 is 0 Å². The zero-order valence-corrected chi connectivity index (χ0v) is 15.3. The molecule has 9 heteroatoms. The zero-order valence-electron chi connectivity index (χ0n) is 15.3. The minimum Gasteiger partial charge on any atom is -0.465 e. The van der Waals surface area contributed by atoms with E-state index < -0.39 is 29.6 Å². The molecule has 2 heterocycles. The normalized spacial score (nSPS) is 11.3. The van der Waals surface area contributed by atoms with Gasteiger partial charge in [0.2, 0.25) is 5.78 Å². The van der Waals surface area contributed by atoms with Crippen LogP contribution in [0.5, 0.6) is 0 Å². The largest absolute Gasteiger partial charge is 0.465 e. The van der Waals surface area contributed by atoms with Crippen LogP contribution in [-0.2, 0) is 23.1 Å². The third-order valence-corrected chi connectivity index (χ3v) is 3.68. The predicted molar refractivity (Wildman–Crippen MR) is 98.2 cm³/mol. The van der Waals surface area contributed by atoms with Gasteiger partial charge in [-0.1, -0.05) is 13.8 Å². The molecule has 2 rings (SSSR count). The van der Waals surface area contributed by atoms with Crippen molar-refractivity contribution in [1.82, 2.24) is 9.13 Å². The summed E-state index contributed by atoms with van der Waals surface area (Å²) in [7, 11) is 1.26. The number of nitrogen functional groups attached to an aromatic ring is 1. The molecule has 2 aromatic rings. The van der Waals surface area contributed by atoms with Crippen LogP contribution in [0.1, 0.15) is 30.0 Å². The van der Waals surface area contributed by atoms with Crippen LogP contribution in [0, 0.1) is 5.92 Å². The Morgan fingerprint density at radius 1 is 1.33 bits per heavy atom. The molecule has 0 aromatic carbocycles. The average Bonchev–Trinajstić information content (AvgIpc) is 3.13. The summed E-state index contributed by atoms with van der Waals surface area (Å²) < 4.78 is 11.8. The fourth-order valence-corrected chi connectivity index (χ4v) is 2.38. The van der Waals surface area contributed by atoms with E-state index >= 15 is 0 Å². The number of nitrogens with two attached hydrogens (primary N) is 1. The molecule has 0 aliphatic carbocycles. The van der Waals surface area contributed by atoms with Gasteiger partial charge in [-0.05, 0) is 24.1 Å². The molecule has 0 unspecified atom stereocenters. The van der Waals surface area contributed by atoms with E-state index in [0.29, 0.717) is 5.76 Å². The summed E-state index contributed by atoms with van der Waals surface area (Å²) in [6, 6.07) is 3.29. The van der Waals surface area contributed by atoms with E-state index in [4.69, 9.17) is 14.9 Å². The van der Waals surface area contributed by atoms with Gasteiger partial charge in [0.25, 0.3) is 5.56 Å². The van der Waals surface area contributed by atoms with Crippen LogP contribution in [0.15, 0.2) is 38.5 Å². The molecule has 0 atom stereocenters. The van der Waals surface area contributed by atoms with Crippen LogP contribution < -0.4 is 17.0 Å². The second-order valence-electron chi connectivity index (χ2n) is 6.29. The fourth-order valence-electron chi connectivity index (χ4n) is 2.38. The van der Waals surface area contributed by atoms with Gasteiger partial charge in [0.15, 0.2) is 6.61 Å².